The van der Waals surface area contributed by atoms with Crippen LogP contribution in [0.5, 0.6) is 0 Å². The van der Waals surface area contributed by atoms with Crippen molar-refractivity contribution >= 4 is 10.8 Å². The summed E-state index contributed by atoms with van der Waals surface area (Å²) in [6.07, 6.45) is 1.94. The van der Waals surface area contributed by atoms with Crippen LogP contribution >= 0.6 is 0 Å². The highest BCUT2D eigenvalue weighted by Crippen LogP contribution is 2.31. The molecule has 2 aromatic carbocycles. The molecule has 0 radical (unpaired) electrons. The fourth-order valence-electron chi connectivity index (χ4n) is 3.40. The van der Waals surface area contributed by atoms with Gasteiger partial charge in [0.15, 0.2) is 5.82 Å². The van der Waals surface area contributed by atoms with Crippen molar-refractivity contribution in [1.29, 1.82) is 0 Å². The number of nitrogens with zero attached hydrogens (tertiary/aromatic N) is 3. The monoisotopic (exact) mass is 395 g/mol. The molecular formula is C27H29N3. The number of aromatic nitrogens is 3. The van der Waals surface area contributed by atoms with Gasteiger partial charge in [0.1, 0.15) is 0 Å². The van der Waals surface area contributed by atoms with Gasteiger partial charge >= 0.3 is 0 Å². The molecule has 2 aromatic heterocycles. The Hall–Kier alpha value is -3.07. The molecule has 0 aliphatic rings. The fraction of sp³-hybridized carbons (Fsp3) is 0.296. The van der Waals surface area contributed by atoms with Gasteiger partial charge in [-0.25, -0.2) is 9.97 Å². The maximum Gasteiger partial charge on any atom is 0.159 e. The first-order valence-corrected chi connectivity index (χ1v) is 10.5. The summed E-state index contributed by atoms with van der Waals surface area (Å²) in [5.74, 6) is 0.773. The van der Waals surface area contributed by atoms with Crippen LogP contribution in [0.4, 0.5) is 0 Å². The van der Waals surface area contributed by atoms with Crippen molar-refractivity contribution in [2.45, 2.75) is 52.4 Å². The lowest BCUT2D eigenvalue weighted by Crippen LogP contribution is -2.20. The second-order valence-corrected chi connectivity index (χ2v) is 9.96. The minimum absolute atomic E-state index is 0.0464. The molecule has 152 valence electrons. The molecule has 0 spiro atoms. The molecule has 0 aliphatic carbocycles. The standard InChI is InChI=1S/C27H29N3/c1-26(2,3)23-16-24(27(4,5)6)30-25(29-23)20-13-9-12-19(14-20)22-15-18-10-7-8-11-21(18)17-28-22/h7-17H,1-6H3. The van der Waals surface area contributed by atoms with Crippen LogP contribution in [0.1, 0.15) is 52.9 Å². The van der Waals surface area contributed by atoms with Crippen LogP contribution in [-0.2, 0) is 10.8 Å². The van der Waals surface area contributed by atoms with E-state index in [-0.39, 0.29) is 10.8 Å². The summed E-state index contributed by atoms with van der Waals surface area (Å²) in [4.78, 5) is 14.6. The van der Waals surface area contributed by atoms with E-state index in [1.165, 1.54) is 5.39 Å². The Labute approximate surface area is 179 Å². The summed E-state index contributed by atoms with van der Waals surface area (Å²) in [6, 6.07) is 21.0. The summed E-state index contributed by atoms with van der Waals surface area (Å²) in [5.41, 5.74) is 5.07. The van der Waals surface area contributed by atoms with E-state index in [0.717, 1.165) is 39.4 Å². The van der Waals surface area contributed by atoms with E-state index < -0.39 is 0 Å². The molecular weight excluding hydrogens is 366 g/mol. The molecule has 0 saturated carbocycles. The van der Waals surface area contributed by atoms with Gasteiger partial charge in [-0.15, -0.1) is 0 Å². The molecule has 0 N–H and O–H groups in total. The molecule has 4 rings (SSSR count). The van der Waals surface area contributed by atoms with Crippen molar-refractivity contribution in [2.75, 3.05) is 0 Å². The molecule has 0 aliphatic heterocycles. The zero-order valence-electron chi connectivity index (χ0n) is 18.7. The predicted octanol–water partition coefficient (Wildman–Crippen LogP) is 6.95. The highest BCUT2D eigenvalue weighted by atomic mass is 14.9. The second kappa shape index (κ2) is 7.32. The Morgan fingerprint density at radius 1 is 0.600 bits per heavy atom. The molecule has 0 fully saturated rings. The number of rotatable bonds is 2. The molecule has 0 saturated heterocycles. The minimum atomic E-state index is -0.0464. The first-order valence-electron chi connectivity index (χ1n) is 10.5. The number of fused-ring (bicyclic) bond motifs is 1. The van der Waals surface area contributed by atoms with Crippen LogP contribution in [0, 0.1) is 0 Å². The Bertz CT molecular complexity index is 1180. The number of hydrogen-bond donors (Lipinski definition) is 0. The Kier molecular flexibility index (Phi) is 4.93. The highest BCUT2D eigenvalue weighted by Gasteiger charge is 2.23. The van der Waals surface area contributed by atoms with Crippen LogP contribution in [0.15, 0.2) is 66.9 Å². The van der Waals surface area contributed by atoms with Crippen LogP contribution < -0.4 is 0 Å². The van der Waals surface area contributed by atoms with Gasteiger partial charge in [-0.1, -0.05) is 84.0 Å². The van der Waals surface area contributed by atoms with Crippen molar-refractivity contribution in [2.24, 2.45) is 0 Å². The van der Waals surface area contributed by atoms with E-state index in [1.807, 2.05) is 12.3 Å². The molecule has 4 aromatic rings. The third-order valence-corrected chi connectivity index (χ3v) is 5.31. The van der Waals surface area contributed by atoms with Crippen LogP contribution in [0.2, 0.25) is 0 Å². The number of hydrogen-bond acceptors (Lipinski definition) is 3. The quantitative estimate of drug-likeness (QED) is 0.368. The highest BCUT2D eigenvalue weighted by molar-refractivity contribution is 5.85. The molecule has 3 heteroatoms. The Morgan fingerprint density at radius 2 is 1.20 bits per heavy atom. The van der Waals surface area contributed by atoms with Gasteiger partial charge in [-0.3, -0.25) is 4.98 Å². The molecule has 0 amide bonds. The van der Waals surface area contributed by atoms with Gasteiger partial charge in [0, 0.05) is 33.5 Å². The summed E-state index contributed by atoms with van der Waals surface area (Å²) >= 11 is 0. The van der Waals surface area contributed by atoms with Crippen molar-refractivity contribution in [3.63, 3.8) is 0 Å². The summed E-state index contributed by atoms with van der Waals surface area (Å²) in [5, 5.41) is 2.34. The summed E-state index contributed by atoms with van der Waals surface area (Å²) < 4.78 is 0. The zero-order chi connectivity index (χ0) is 21.5. The minimum Gasteiger partial charge on any atom is -0.256 e. The van der Waals surface area contributed by atoms with E-state index in [1.54, 1.807) is 0 Å². The largest absolute Gasteiger partial charge is 0.256 e. The van der Waals surface area contributed by atoms with Crippen LogP contribution in [-0.4, -0.2) is 15.0 Å². The van der Waals surface area contributed by atoms with E-state index in [0.29, 0.717) is 0 Å². The molecule has 2 heterocycles. The second-order valence-electron chi connectivity index (χ2n) is 9.96. The predicted molar refractivity (Wildman–Crippen MR) is 126 cm³/mol. The zero-order valence-corrected chi connectivity index (χ0v) is 18.7. The maximum absolute atomic E-state index is 4.94. The van der Waals surface area contributed by atoms with Gasteiger partial charge in [-0.05, 0) is 23.6 Å². The van der Waals surface area contributed by atoms with Gasteiger partial charge in [0.05, 0.1) is 17.1 Å². The van der Waals surface area contributed by atoms with Crippen LogP contribution in [0.25, 0.3) is 33.4 Å². The average molecular weight is 396 g/mol. The average Bonchev–Trinajstić information content (AvgIpc) is 2.72. The Balaban J connectivity index is 1.83. The fourth-order valence-corrected chi connectivity index (χ4v) is 3.40. The lowest BCUT2D eigenvalue weighted by Gasteiger charge is -2.24. The molecule has 0 bridgehead atoms. The van der Waals surface area contributed by atoms with Gasteiger partial charge < -0.3 is 0 Å². The lowest BCUT2D eigenvalue weighted by molar-refractivity contribution is 0.539. The van der Waals surface area contributed by atoms with Crippen molar-refractivity contribution in [3.8, 4) is 22.6 Å². The smallest absolute Gasteiger partial charge is 0.159 e. The van der Waals surface area contributed by atoms with E-state index >= 15 is 0 Å². The topological polar surface area (TPSA) is 38.7 Å². The summed E-state index contributed by atoms with van der Waals surface area (Å²) in [6.45, 7) is 13.2. The molecule has 3 nitrogen and oxygen atoms in total. The van der Waals surface area contributed by atoms with E-state index in [9.17, 15) is 0 Å². The first-order chi connectivity index (χ1) is 14.1. The molecule has 30 heavy (non-hydrogen) atoms. The normalized spacial score (nSPS) is 12.3. The SMILES string of the molecule is CC(C)(C)c1cc(C(C)(C)C)nc(-c2cccc(-c3cc4ccccc4cn3)c2)n1. The first kappa shape index (κ1) is 20.2. The van der Waals surface area contributed by atoms with Crippen LogP contribution in [0.3, 0.4) is 0 Å². The third-order valence-electron chi connectivity index (χ3n) is 5.31. The Morgan fingerprint density at radius 3 is 1.83 bits per heavy atom. The molecule has 0 unspecified atom stereocenters. The van der Waals surface area contributed by atoms with Gasteiger partial charge in [0.25, 0.3) is 0 Å². The van der Waals surface area contributed by atoms with E-state index in [2.05, 4.69) is 101 Å². The van der Waals surface area contributed by atoms with Gasteiger partial charge in [-0.2, -0.15) is 0 Å². The lowest BCUT2D eigenvalue weighted by atomic mass is 9.86. The van der Waals surface area contributed by atoms with E-state index in [4.69, 9.17) is 9.97 Å². The van der Waals surface area contributed by atoms with Crippen molar-refractivity contribution < 1.29 is 0 Å². The third kappa shape index (κ3) is 4.11. The van der Waals surface area contributed by atoms with Crippen molar-refractivity contribution in [3.05, 3.63) is 78.2 Å². The number of pyridine rings is 1. The summed E-state index contributed by atoms with van der Waals surface area (Å²) in [7, 11) is 0. The molecule has 0 atom stereocenters. The number of benzene rings is 2. The van der Waals surface area contributed by atoms with Gasteiger partial charge in [0.2, 0.25) is 0 Å². The van der Waals surface area contributed by atoms with Crippen molar-refractivity contribution in [1.82, 2.24) is 15.0 Å². The maximum atomic E-state index is 4.94.